The second kappa shape index (κ2) is 5.86. The van der Waals surface area contributed by atoms with E-state index < -0.39 is 12.0 Å². The van der Waals surface area contributed by atoms with E-state index in [-0.39, 0.29) is 5.91 Å². The third-order valence-corrected chi connectivity index (χ3v) is 2.82. The molecule has 1 aromatic heterocycles. The molecule has 0 aliphatic rings. The summed E-state index contributed by atoms with van der Waals surface area (Å²) in [6, 6.07) is 0.821. The van der Waals surface area contributed by atoms with Gasteiger partial charge in [-0.2, -0.15) is 0 Å². The minimum Gasteiger partial charge on any atom is -0.480 e. The summed E-state index contributed by atoms with van der Waals surface area (Å²) in [5.41, 5.74) is 0.430. The number of carbonyl (C=O) groups excluding carboxylic acids is 1. The van der Waals surface area contributed by atoms with Gasteiger partial charge in [0.05, 0.1) is 0 Å². The maximum Gasteiger partial charge on any atom is 0.326 e. The number of hydrogen-bond donors (Lipinski definition) is 2. The van der Waals surface area contributed by atoms with Gasteiger partial charge < -0.3 is 15.0 Å². The van der Waals surface area contributed by atoms with Crippen LogP contribution in [0.15, 0.2) is 16.7 Å². The van der Waals surface area contributed by atoms with Crippen molar-refractivity contribution in [3.8, 4) is 0 Å². The van der Waals surface area contributed by atoms with Crippen molar-refractivity contribution in [2.45, 2.75) is 25.8 Å². The summed E-state index contributed by atoms with van der Waals surface area (Å²) >= 11 is 3.26. The number of nitrogens with zero attached hydrogens (tertiary/aromatic N) is 1. The minimum atomic E-state index is -1.01. The van der Waals surface area contributed by atoms with Crippen LogP contribution in [0.5, 0.6) is 0 Å². The molecule has 17 heavy (non-hydrogen) atoms. The van der Waals surface area contributed by atoms with Crippen molar-refractivity contribution in [3.05, 3.63) is 22.4 Å². The normalized spacial score (nSPS) is 12.2. The minimum absolute atomic E-state index is 0.376. The number of carbonyl (C=O) groups is 2. The van der Waals surface area contributed by atoms with E-state index >= 15 is 0 Å². The maximum absolute atomic E-state index is 11.9. The number of aliphatic carboxylic acids is 1. The Morgan fingerprint density at radius 3 is 2.65 bits per heavy atom. The standard InChI is InChI=1S/C11H15BrN2O3/c1-3-4-8(11(16)17)13-10(15)9-5-7(12)6-14(9)2/h5-6,8H,3-4H2,1-2H3,(H,13,15)(H,16,17)/t8-/m0/s1. The SMILES string of the molecule is CCC[C@H](NC(=O)c1cc(Br)cn1C)C(=O)O. The summed E-state index contributed by atoms with van der Waals surface area (Å²) in [7, 11) is 1.73. The van der Waals surface area contributed by atoms with E-state index in [0.29, 0.717) is 18.5 Å². The van der Waals surface area contributed by atoms with Gasteiger partial charge in [0, 0.05) is 17.7 Å². The molecule has 1 amide bonds. The van der Waals surface area contributed by atoms with Crippen molar-refractivity contribution < 1.29 is 14.7 Å². The van der Waals surface area contributed by atoms with Gasteiger partial charge in [0.2, 0.25) is 0 Å². The van der Waals surface area contributed by atoms with Gasteiger partial charge in [0.25, 0.3) is 5.91 Å². The first-order valence-electron chi connectivity index (χ1n) is 5.31. The van der Waals surface area contributed by atoms with Crippen molar-refractivity contribution in [1.29, 1.82) is 0 Å². The number of amides is 1. The first kappa shape index (κ1) is 13.8. The van der Waals surface area contributed by atoms with E-state index in [4.69, 9.17) is 5.11 Å². The average Bonchev–Trinajstić information content (AvgIpc) is 2.57. The number of carboxylic acids is 1. The van der Waals surface area contributed by atoms with E-state index in [0.717, 1.165) is 4.47 Å². The molecule has 0 bridgehead atoms. The summed E-state index contributed by atoms with van der Waals surface area (Å²) in [6.07, 6.45) is 2.87. The average molecular weight is 303 g/mol. The van der Waals surface area contributed by atoms with Crippen LogP contribution in [0.25, 0.3) is 0 Å². The Labute approximate surface area is 108 Å². The van der Waals surface area contributed by atoms with Crippen LogP contribution in [-0.4, -0.2) is 27.6 Å². The Balaban J connectivity index is 2.77. The number of aromatic nitrogens is 1. The number of halogens is 1. The molecule has 0 aromatic carbocycles. The van der Waals surface area contributed by atoms with E-state index in [9.17, 15) is 9.59 Å². The first-order valence-corrected chi connectivity index (χ1v) is 6.10. The third kappa shape index (κ3) is 3.59. The fraction of sp³-hybridized carbons (Fsp3) is 0.455. The number of hydrogen-bond acceptors (Lipinski definition) is 2. The van der Waals surface area contributed by atoms with E-state index in [2.05, 4.69) is 21.2 Å². The molecule has 0 spiro atoms. The molecular weight excluding hydrogens is 288 g/mol. The van der Waals surface area contributed by atoms with Crippen LogP contribution in [0.4, 0.5) is 0 Å². The van der Waals surface area contributed by atoms with Crippen LogP contribution in [0.2, 0.25) is 0 Å². The summed E-state index contributed by atoms with van der Waals surface area (Å²) in [6.45, 7) is 1.88. The molecule has 0 unspecified atom stereocenters. The lowest BCUT2D eigenvalue weighted by atomic mass is 10.1. The monoisotopic (exact) mass is 302 g/mol. The van der Waals surface area contributed by atoms with Crippen LogP contribution < -0.4 is 5.32 Å². The summed E-state index contributed by atoms with van der Waals surface area (Å²) in [5, 5.41) is 11.5. The van der Waals surface area contributed by atoms with Gasteiger partial charge >= 0.3 is 5.97 Å². The Kier molecular flexibility index (Phi) is 4.74. The third-order valence-electron chi connectivity index (χ3n) is 2.38. The molecule has 0 fully saturated rings. The fourth-order valence-corrected chi connectivity index (χ4v) is 2.05. The van der Waals surface area contributed by atoms with Crippen molar-refractivity contribution in [3.63, 3.8) is 0 Å². The first-order chi connectivity index (χ1) is 7.95. The van der Waals surface area contributed by atoms with Gasteiger partial charge in [0.15, 0.2) is 0 Å². The summed E-state index contributed by atoms with van der Waals surface area (Å²) in [4.78, 5) is 22.8. The van der Waals surface area contributed by atoms with Gasteiger partial charge in [-0.3, -0.25) is 4.79 Å². The molecule has 0 saturated carbocycles. The zero-order valence-electron chi connectivity index (χ0n) is 9.74. The smallest absolute Gasteiger partial charge is 0.326 e. The van der Waals surface area contributed by atoms with Crippen LogP contribution in [0, 0.1) is 0 Å². The lowest BCUT2D eigenvalue weighted by Gasteiger charge is -2.13. The number of nitrogens with one attached hydrogen (secondary N) is 1. The molecular formula is C11H15BrN2O3. The number of carboxylic acid groups (broad SMARTS) is 1. The molecule has 1 heterocycles. The molecule has 0 saturated heterocycles. The van der Waals surface area contributed by atoms with Gasteiger partial charge in [0.1, 0.15) is 11.7 Å². The lowest BCUT2D eigenvalue weighted by molar-refractivity contribution is -0.139. The highest BCUT2D eigenvalue weighted by atomic mass is 79.9. The molecule has 1 atom stereocenters. The Morgan fingerprint density at radius 1 is 1.59 bits per heavy atom. The zero-order valence-corrected chi connectivity index (χ0v) is 11.3. The van der Waals surface area contributed by atoms with Crippen LogP contribution in [0.3, 0.4) is 0 Å². The van der Waals surface area contributed by atoms with E-state index in [1.165, 1.54) is 0 Å². The molecule has 0 radical (unpaired) electrons. The maximum atomic E-state index is 11.9. The molecule has 1 rings (SSSR count). The van der Waals surface area contributed by atoms with Crippen LogP contribution in [0.1, 0.15) is 30.3 Å². The van der Waals surface area contributed by atoms with Gasteiger partial charge in [-0.25, -0.2) is 4.79 Å². The van der Waals surface area contributed by atoms with Crippen molar-refractivity contribution in [1.82, 2.24) is 9.88 Å². The fourth-order valence-electron chi connectivity index (χ4n) is 1.53. The topological polar surface area (TPSA) is 71.3 Å². The van der Waals surface area contributed by atoms with Crippen molar-refractivity contribution in [2.24, 2.45) is 7.05 Å². The van der Waals surface area contributed by atoms with Crippen molar-refractivity contribution in [2.75, 3.05) is 0 Å². The van der Waals surface area contributed by atoms with E-state index in [1.807, 2.05) is 6.92 Å². The molecule has 94 valence electrons. The number of rotatable bonds is 5. The zero-order chi connectivity index (χ0) is 13.0. The van der Waals surface area contributed by atoms with E-state index in [1.54, 1.807) is 23.9 Å². The quantitative estimate of drug-likeness (QED) is 0.871. The Hall–Kier alpha value is -1.30. The van der Waals surface area contributed by atoms with Gasteiger partial charge in [-0.1, -0.05) is 13.3 Å². The highest BCUT2D eigenvalue weighted by Crippen LogP contribution is 2.13. The molecule has 2 N–H and O–H groups in total. The second-order valence-corrected chi connectivity index (χ2v) is 4.72. The molecule has 0 aliphatic carbocycles. The molecule has 5 nitrogen and oxygen atoms in total. The lowest BCUT2D eigenvalue weighted by Crippen LogP contribution is -2.41. The highest BCUT2D eigenvalue weighted by molar-refractivity contribution is 9.10. The summed E-state index contributed by atoms with van der Waals surface area (Å²) in [5.74, 6) is -1.38. The Bertz CT molecular complexity index is 428. The Morgan fingerprint density at radius 2 is 2.24 bits per heavy atom. The summed E-state index contributed by atoms with van der Waals surface area (Å²) < 4.78 is 2.43. The van der Waals surface area contributed by atoms with Crippen molar-refractivity contribution >= 4 is 27.8 Å². The highest BCUT2D eigenvalue weighted by Gasteiger charge is 2.21. The predicted octanol–water partition coefficient (Wildman–Crippen LogP) is 1.77. The van der Waals surface area contributed by atoms with Crippen LogP contribution in [-0.2, 0) is 11.8 Å². The second-order valence-electron chi connectivity index (χ2n) is 3.81. The molecule has 6 heteroatoms. The van der Waals surface area contributed by atoms with Gasteiger partial charge in [-0.05, 0) is 28.4 Å². The van der Waals surface area contributed by atoms with Gasteiger partial charge in [-0.15, -0.1) is 0 Å². The predicted molar refractivity (Wildman–Crippen MR) is 66.9 cm³/mol. The largest absolute Gasteiger partial charge is 0.480 e. The number of aryl methyl sites for hydroxylation is 1. The molecule has 0 aliphatic heterocycles. The van der Waals surface area contributed by atoms with Crippen LogP contribution >= 0.6 is 15.9 Å². The molecule has 1 aromatic rings.